The van der Waals surface area contributed by atoms with Crippen LogP contribution in [0.5, 0.6) is 0 Å². The first-order chi connectivity index (χ1) is 11.6. The fraction of sp³-hybridized carbons (Fsp3) is 1.00. The maximum absolute atomic E-state index is 6.45. The van der Waals surface area contributed by atoms with E-state index in [4.69, 9.17) is 13.0 Å². The molecule has 2 atom stereocenters. The summed E-state index contributed by atoms with van der Waals surface area (Å²) in [6.07, 6.45) is 13.2. The van der Waals surface area contributed by atoms with Crippen LogP contribution in [0, 0.1) is 0 Å². The summed E-state index contributed by atoms with van der Waals surface area (Å²) < 4.78 is 19.1. The van der Waals surface area contributed by atoms with E-state index >= 15 is 0 Å². The lowest BCUT2D eigenvalue weighted by atomic mass is 10.1. The minimum absolute atomic E-state index is 0.287. The maximum Gasteiger partial charge on any atom is 0.323 e. The van der Waals surface area contributed by atoms with Crippen molar-refractivity contribution in [3.8, 4) is 0 Å². The van der Waals surface area contributed by atoms with Crippen molar-refractivity contribution in [3.63, 3.8) is 0 Å². The summed E-state index contributed by atoms with van der Waals surface area (Å²) >= 11 is 0. The SMILES string of the molecule is CCCCCCC(C)O[Si](C)(C)O[Si](C)(C)OC(C)CCCCCC. The van der Waals surface area contributed by atoms with Gasteiger partial charge in [-0.25, -0.2) is 0 Å². The van der Waals surface area contributed by atoms with Gasteiger partial charge in [-0.2, -0.15) is 0 Å². The predicted octanol–water partition coefficient (Wildman–Crippen LogP) is 7.16. The van der Waals surface area contributed by atoms with Gasteiger partial charge in [0.2, 0.25) is 0 Å². The summed E-state index contributed by atoms with van der Waals surface area (Å²) in [6.45, 7) is 17.5. The molecule has 0 radical (unpaired) electrons. The predicted molar refractivity (Wildman–Crippen MR) is 115 cm³/mol. The average Bonchev–Trinajstić information content (AvgIpc) is 2.45. The van der Waals surface area contributed by atoms with Crippen LogP contribution in [0.1, 0.15) is 91.9 Å². The first-order valence-electron chi connectivity index (χ1n) is 10.7. The van der Waals surface area contributed by atoms with Gasteiger partial charge in [0.1, 0.15) is 0 Å². The summed E-state index contributed by atoms with van der Waals surface area (Å²) in [6, 6.07) is 0. The van der Waals surface area contributed by atoms with Crippen molar-refractivity contribution in [2.75, 3.05) is 0 Å². The molecule has 0 saturated heterocycles. The zero-order valence-corrected chi connectivity index (χ0v) is 20.5. The molecule has 3 nitrogen and oxygen atoms in total. The lowest BCUT2D eigenvalue weighted by Crippen LogP contribution is -2.50. The molecule has 0 amide bonds. The van der Waals surface area contributed by atoms with Crippen molar-refractivity contribution in [2.24, 2.45) is 0 Å². The monoisotopic (exact) mass is 390 g/mol. The lowest BCUT2D eigenvalue weighted by molar-refractivity contribution is 0.122. The number of unbranched alkanes of at least 4 members (excludes halogenated alkanes) is 6. The van der Waals surface area contributed by atoms with Crippen LogP contribution in [-0.2, 0) is 13.0 Å². The van der Waals surface area contributed by atoms with E-state index < -0.39 is 17.1 Å². The number of hydrogen-bond acceptors (Lipinski definition) is 3. The largest absolute Gasteiger partial charge is 0.415 e. The molecular weight excluding hydrogens is 344 g/mol. The number of hydrogen-bond donors (Lipinski definition) is 0. The van der Waals surface area contributed by atoms with Gasteiger partial charge in [-0.05, 0) is 52.9 Å². The Morgan fingerprint density at radius 3 is 1.28 bits per heavy atom. The summed E-state index contributed by atoms with van der Waals surface area (Å²) in [5.74, 6) is 0. The van der Waals surface area contributed by atoms with Crippen LogP contribution in [0.15, 0.2) is 0 Å². The van der Waals surface area contributed by atoms with Gasteiger partial charge in [0.05, 0.1) is 0 Å². The Morgan fingerprint density at radius 1 is 0.600 bits per heavy atom. The molecular formula is C20H46O3Si2. The topological polar surface area (TPSA) is 27.7 Å². The Bertz CT molecular complexity index is 292. The molecule has 0 saturated carbocycles. The highest BCUT2D eigenvalue weighted by atomic mass is 28.5. The van der Waals surface area contributed by atoms with Crippen LogP contribution in [-0.4, -0.2) is 29.3 Å². The van der Waals surface area contributed by atoms with Gasteiger partial charge in [-0.1, -0.05) is 65.2 Å². The lowest BCUT2D eigenvalue weighted by Gasteiger charge is -2.36. The van der Waals surface area contributed by atoms with E-state index in [0.717, 1.165) is 12.8 Å². The van der Waals surface area contributed by atoms with E-state index in [2.05, 4.69) is 53.9 Å². The van der Waals surface area contributed by atoms with Crippen LogP contribution in [0.25, 0.3) is 0 Å². The van der Waals surface area contributed by atoms with E-state index in [-0.39, 0.29) is 12.2 Å². The molecule has 0 rings (SSSR count). The van der Waals surface area contributed by atoms with Gasteiger partial charge in [0.15, 0.2) is 0 Å². The van der Waals surface area contributed by atoms with Crippen molar-refractivity contribution in [2.45, 2.75) is 130 Å². The van der Waals surface area contributed by atoms with Crippen LogP contribution >= 0.6 is 0 Å². The summed E-state index contributed by atoms with van der Waals surface area (Å²) in [5, 5.41) is 0. The molecule has 0 aromatic carbocycles. The Labute approximate surface area is 160 Å². The van der Waals surface area contributed by atoms with Gasteiger partial charge in [-0.3, -0.25) is 0 Å². The van der Waals surface area contributed by atoms with E-state index in [1.165, 1.54) is 51.4 Å². The molecule has 0 aliphatic heterocycles. The van der Waals surface area contributed by atoms with Crippen LogP contribution in [0.4, 0.5) is 0 Å². The fourth-order valence-corrected chi connectivity index (χ4v) is 10.7. The third-order valence-electron chi connectivity index (χ3n) is 4.39. The fourth-order valence-electron chi connectivity index (χ4n) is 3.44. The van der Waals surface area contributed by atoms with Crippen LogP contribution in [0.3, 0.4) is 0 Å². The second-order valence-corrected chi connectivity index (χ2v) is 15.3. The molecule has 0 N–H and O–H groups in total. The average molecular weight is 391 g/mol. The highest BCUT2D eigenvalue weighted by Gasteiger charge is 2.38. The summed E-state index contributed by atoms with van der Waals surface area (Å²) in [4.78, 5) is 0. The Morgan fingerprint density at radius 2 is 0.960 bits per heavy atom. The van der Waals surface area contributed by atoms with Crippen LogP contribution < -0.4 is 0 Å². The highest BCUT2D eigenvalue weighted by molar-refractivity contribution is 6.78. The van der Waals surface area contributed by atoms with Crippen molar-refractivity contribution < 1.29 is 13.0 Å². The van der Waals surface area contributed by atoms with Gasteiger partial charge in [-0.15, -0.1) is 0 Å². The molecule has 0 spiro atoms. The quantitative estimate of drug-likeness (QED) is 0.207. The first-order valence-corrected chi connectivity index (χ1v) is 16.3. The molecule has 0 fully saturated rings. The minimum atomic E-state index is -2.14. The number of rotatable bonds is 16. The molecule has 0 aliphatic rings. The van der Waals surface area contributed by atoms with Gasteiger partial charge in [0.25, 0.3) is 0 Å². The molecule has 25 heavy (non-hydrogen) atoms. The zero-order chi connectivity index (χ0) is 19.3. The Kier molecular flexibility index (Phi) is 13.6. The molecule has 0 heterocycles. The first kappa shape index (κ1) is 25.3. The van der Waals surface area contributed by atoms with E-state index in [1.54, 1.807) is 0 Å². The van der Waals surface area contributed by atoms with E-state index in [9.17, 15) is 0 Å². The minimum Gasteiger partial charge on any atom is -0.415 e. The molecule has 2 unspecified atom stereocenters. The van der Waals surface area contributed by atoms with E-state index in [0.29, 0.717) is 0 Å². The zero-order valence-electron chi connectivity index (χ0n) is 18.5. The summed E-state index contributed by atoms with van der Waals surface area (Å²) in [5.41, 5.74) is 0. The van der Waals surface area contributed by atoms with Crippen LogP contribution in [0.2, 0.25) is 26.2 Å². The van der Waals surface area contributed by atoms with Gasteiger partial charge in [0, 0.05) is 12.2 Å². The molecule has 0 aromatic heterocycles. The second-order valence-electron chi connectivity index (χ2n) is 8.46. The molecule has 0 aliphatic carbocycles. The third kappa shape index (κ3) is 15.1. The van der Waals surface area contributed by atoms with Gasteiger partial charge < -0.3 is 13.0 Å². The molecule has 0 bridgehead atoms. The van der Waals surface area contributed by atoms with Crippen molar-refractivity contribution in [1.29, 1.82) is 0 Å². The Balaban J connectivity index is 4.20. The van der Waals surface area contributed by atoms with Crippen molar-refractivity contribution >= 4 is 17.1 Å². The summed E-state index contributed by atoms with van der Waals surface area (Å²) in [7, 11) is -4.29. The smallest absolute Gasteiger partial charge is 0.323 e. The van der Waals surface area contributed by atoms with Crippen molar-refractivity contribution in [3.05, 3.63) is 0 Å². The van der Waals surface area contributed by atoms with Crippen molar-refractivity contribution in [1.82, 2.24) is 0 Å². The Hall–Kier alpha value is 0.314. The molecule has 0 aromatic rings. The standard InChI is InChI=1S/C20H46O3Si2/c1-9-11-13-15-17-19(3)21-24(5,6)23-25(7,8)22-20(4)18-16-14-12-10-2/h19-20H,9-18H2,1-8H3. The third-order valence-corrected chi connectivity index (χ3v) is 10.3. The highest BCUT2D eigenvalue weighted by Crippen LogP contribution is 2.22. The van der Waals surface area contributed by atoms with E-state index in [1.807, 2.05) is 0 Å². The molecule has 5 heteroatoms. The van der Waals surface area contributed by atoms with Gasteiger partial charge >= 0.3 is 17.1 Å². The normalized spacial score (nSPS) is 15.4. The second kappa shape index (κ2) is 13.5. The molecule has 152 valence electrons. The maximum atomic E-state index is 6.45.